The van der Waals surface area contributed by atoms with Crippen LogP contribution in [0.2, 0.25) is 0 Å². The van der Waals surface area contributed by atoms with Gasteiger partial charge in [-0.05, 0) is 18.6 Å². The maximum atomic E-state index is 12.3. The number of nitrogens with zero attached hydrogens (tertiary/aromatic N) is 1. The number of alkyl halides is 3. The quantitative estimate of drug-likeness (QED) is 0.735. The van der Waals surface area contributed by atoms with Crippen LogP contribution in [0.1, 0.15) is 16.8 Å². The first-order valence-electron chi connectivity index (χ1n) is 8.12. The molecule has 1 aromatic carbocycles. The van der Waals surface area contributed by atoms with Gasteiger partial charge in [-0.1, -0.05) is 12.1 Å². The van der Waals surface area contributed by atoms with Gasteiger partial charge in [-0.25, -0.2) is 8.42 Å². The first-order chi connectivity index (χ1) is 12.5. The highest BCUT2D eigenvalue weighted by Gasteiger charge is 2.32. The fourth-order valence-corrected chi connectivity index (χ4v) is 4.47. The second-order valence-electron chi connectivity index (χ2n) is 6.26. The Morgan fingerprint density at radius 1 is 1.26 bits per heavy atom. The van der Waals surface area contributed by atoms with E-state index in [9.17, 15) is 31.2 Å². The molecule has 0 bridgehead atoms. The monoisotopic (exact) mass is 407 g/mol. The van der Waals surface area contributed by atoms with E-state index < -0.39 is 34.5 Å². The average molecular weight is 407 g/mol. The number of halogens is 3. The highest BCUT2D eigenvalue weighted by molar-refractivity contribution is 7.91. The molecule has 2 rings (SSSR count). The molecule has 7 nitrogen and oxygen atoms in total. The molecule has 11 heteroatoms. The zero-order valence-corrected chi connectivity index (χ0v) is 15.4. The number of hydrogen-bond acceptors (Lipinski definition) is 5. The number of amides is 2. The summed E-state index contributed by atoms with van der Waals surface area (Å²) in [5.41, 5.74) is 0.179. The fourth-order valence-electron chi connectivity index (χ4n) is 2.69. The van der Waals surface area contributed by atoms with Gasteiger partial charge in [0, 0.05) is 18.8 Å². The first-order valence-corrected chi connectivity index (χ1v) is 9.94. The minimum atomic E-state index is -4.53. The van der Waals surface area contributed by atoms with E-state index in [-0.39, 0.29) is 35.2 Å². The van der Waals surface area contributed by atoms with Crippen molar-refractivity contribution < 1.29 is 31.2 Å². The van der Waals surface area contributed by atoms with Gasteiger partial charge in [-0.15, -0.1) is 0 Å². The third-order valence-electron chi connectivity index (χ3n) is 4.20. The van der Waals surface area contributed by atoms with E-state index in [1.54, 1.807) is 11.4 Å². The number of nitrogens with one attached hydrogen (secondary N) is 2. The van der Waals surface area contributed by atoms with Crippen LogP contribution in [0.5, 0.6) is 0 Å². The maximum absolute atomic E-state index is 12.3. The van der Waals surface area contributed by atoms with E-state index in [0.717, 1.165) is 0 Å². The van der Waals surface area contributed by atoms with Crippen molar-refractivity contribution in [2.45, 2.75) is 18.6 Å². The largest absolute Gasteiger partial charge is 0.405 e. The predicted octanol–water partition coefficient (Wildman–Crippen LogP) is 1.04. The zero-order chi connectivity index (χ0) is 20.2. The minimum absolute atomic E-state index is 0.0272. The molecule has 0 aromatic heterocycles. The molecule has 1 unspecified atom stereocenters. The molecule has 0 spiro atoms. The van der Waals surface area contributed by atoms with Gasteiger partial charge < -0.3 is 15.5 Å². The Bertz CT molecular complexity index is 811. The van der Waals surface area contributed by atoms with Crippen molar-refractivity contribution in [2.24, 2.45) is 0 Å². The van der Waals surface area contributed by atoms with E-state index in [0.29, 0.717) is 6.42 Å². The Morgan fingerprint density at radius 2 is 1.93 bits per heavy atom. The van der Waals surface area contributed by atoms with Crippen molar-refractivity contribution >= 4 is 27.3 Å². The van der Waals surface area contributed by atoms with Gasteiger partial charge >= 0.3 is 6.18 Å². The van der Waals surface area contributed by atoms with Crippen molar-refractivity contribution in [2.75, 3.05) is 37.0 Å². The van der Waals surface area contributed by atoms with E-state index in [2.05, 4.69) is 5.32 Å². The molecule has 0 radical (unpaired) electrons. The molecule has 150 valence electrons. The summed E-state index contributed by atoms with van der Waals surface area (Å²) in [6.45, 7) is -1.69. The molecule has 1 aromatic rings. The molecule has 1 aliphatic rings. The Labute approximate surface area is 154 Å². The summed E-state index contributed by atoms with van der Waals surface area (Å²) in [6.07, 6.45) is -4.17. The molecule has 2 N–H and O–H groups in total. The SMILES string of the molecule is CN(C(=O)CNc1ccccc1C(=O)NCC(F)(F)F)C1CCS(=O)(=O)C1. The third kappa shape index (κ3) is 6.12. The Hall–Kier alpha value is -2.30. The van der Waals surface area contributed by atoms with Crippen LogP contribution in [-0.4, -0.2) is 69.0 Å². The van der Waals surface area contributed by atoms with Gasteiger partial charge in [0.2, 0.25) is 5.91 Å². The summed E-state index contributed by atoms with van der Waals surface area (Å²) in [5.74, 6) is -1.36. The fraction of sp³-hybridized carbons (Fsp3) is 0.500. The number of anilines is 1. The van der Waals surface area contributed by atoms with E-state index in [1.807, 2.05) is 0 Å². The van der Waals surface area contributed by atoms with Crippen LogP contribution < -0.4 is 10.6 Å². The van der Waals surface area contributed by atoms with Crippen LogP contribution in [0.3, 0.4) is 0 Å². The summed E-state index contributed by atoms with van der Waals surface area (Å²) in [7, 11) is -1.64. The van der Waals surface area contributed by atoms with Crippen molar-refractivity contribution in [3.63, 3.8) is 0 Å². The number of carbonyl (C=O) groups excluding carboxylic acids is 2. The second-order valence-corrected chi connectivity index (χ2v) is 8.49. The molecular formula is C16H20F3N3O4S. The number of likely N-dealkylation sites (N-methyl/N-ethyl adjacent to an activating group) is 1. The van der Waals surface area contributed by atoms with Gasteiger partial charge in [-0.2, -0.15) is 13.2 Å². The van der Waals surface area contributed by atoms with Crippen LogP contribution in [-0.2, 0) is 14.6 Å². The topological polar surface area (TPSA) is 95.6 Å². The lowest BCUT2D eigenvalue weighted by Gasteiger charge is -2.24. The van der Waals surface area contributed by atoms with Gasteiger partial charge in [0.05, 0.1) is 23.6 Å². The molecule has 1 heterocycles. The summed E-state index contributed by atoms with van der Waals surface area (Å²) < 4.78 is 59.8. The molecule has 1 aliphatic heterocycles. The Morgan fingerprint density at radius 3 is 2.52 bits per heavy atom. The highest BCUT2D eigenvalue weighted by Crippen LogP contribution is 2.19. The van der Waals surface area contributed by atoms with Crippen molar-refractivity contribution in [1.82, 2.24) is 10.2 Å². The first kappa shape index (κ1) is 21.0. The molecule has 27 heavy (non-hydrogen) atoms. The number of rotatable bonds is 6. The molecule has 1 atom stereocenters. The molecule has 2 amide bonds. The number of para-hydroxylation sites is 1. The van der Waals surface area contributed by atoms with Gasteiger partial charge in [-0.3, -0.25) is 9.59 Å². The van der Waals surface area contributed by atoms with Gasteiger partial charge in [0.1, 0.15) is 6.54 Å². The summed E-state index contributed by atoms with van der Waals surface area (Å²) in [4.78, 5) is 25.6. The van der Waals surface area contributed by atoms with Crippen LogP contribution >= 0.6 is 0 Å². The number of benzene rings is 1. The van der Waals surface area contributed by atoms with Crippen LogP contribution in [0.4, 0.5) is 18.9 Å². The smallest absolute Gasteiger partial charge is 0.376 e. The molecule has 0 aliphatic carbocycles. The second kappa shape index (κ2) is 8.15. The zero-order valence-electron chi connectivity index (χ0n) is 14.5. The summed E-state index contributed by atoms with van der Waals surface area (Å²) >= 11 is 0. The van der Waals surface area contributed by atoms with Crippen LogP contribution in [0.25, 0.3) is 0 Å². The molecule has 1 saturated heterocycles. The summed E-state index contributed by atoms with van der Waals surface area (Å²) in [5, 5.41) is 4.51. The standard InChI is InChI=1S/C16H20F3N3O4S/c1-22(11-6-7-27(25,26)9-11)14(23)8-20-13-5-3-2-4-12(13)15(24)21-10-16(17,18)19/h2-5,11,20H,6-10H2,1H3,(H,21,24). The lowest BCUT2D eigenvalue weighted by Crippen LogP contribution is -2.41. The highest BCUT2D eigenvalue weighted by atomic mass is 32.2. The van der Waals surface area contributed by atoms with E-state index in [4.69, 9.17) is 0 Å². The molecular weight excluding hydrogens is 387 g/mol. The minimum Gasteiger partial charge on any atom is -0.376 e. The Balaban J connectivity index is 1.97. The predicted molar refractivity (Wildman–Crippen MR) is 93.1 cm³/mol. The lowest BCUT2D eigenvalue weighted by atomic mass is 10.1. The third-order valence-corrected chi connectivity index (χ3v) is 5.95. The Kier molecular flexibility index (Phi) is 6.34. The molecule has 0 saturated carbocycles. The van der Waals surface area contributed by atoms with Crippen molar-refractivity contribution in [3.8, 4) is 0 Å². The lowest BCUT2D eigenvalue weighted by molar-refractivity contribution is -0.129. The van der Waals surface area contributed by atoms with E-state index in [1.165, 1.54) is 30.1 Å². The summed E-state index contributed by atoms with van der Waals surface area (Å²) in [6, 6.07) is 5.46. The van der Waals surface area contributed by atoms with Crippen molar-refractivity contribution in [3.05, 3.63) is 29.8 Å². The number of carbonyl (C=O) groups is 2. The maximum Gasteiger partial charge on any atom is 0.405 e. The van der Waals surface area contributed by atoms with E-state index >= 15 is 0 Å². The van der Waals surface area contributed by atoms with Crippen LogP contribution in [0, 0.1) is 0 Å². The molecule has 1 fully saturated rings. The number of hydrogen-bond donors (Lipinski definition) is 2. The van der Waals surface area contributed by atoms with Crippen molar-refractivity contribution in [1.29, 1.82) is 0 Å². The average Bonchev–Trinajstić information content (AvgIpc) is 2.96. The van der Waals surface area contributed by atoms with Gasteiger partial charge in [0.15, 0.2) is 9.84 Å². The van der Waals surface area contributed by atoms with Gasteiger partial charge in [0.25, 0.3) is 5.91 Å². The normalized spacial score (nSPS) is 18.7. The number of sulfone groups is 1. The van der Waals surface area contributed by atoms with Crippen LogP contribution in [0.15, 0.2) is 24.3 Å².